The molecule has 6 aromatic rings. The normalized spacial score (nSPS) is 21.1. The van der Waals surface area contributed by atoms with Gasteiger partial charge in [0.15, 0.2) is 0 Å². The van der Waals surface area contributed by atoms with Gasteiger partial charge in [-0.2, -0.15) is 0 Å². The molecule has 4 aliphatic heterocycles. The molecule has 1 amide bonds. The van der Waals surface area contributed by atoms with Crippen molar-refractivity contribution < 1.29 is 32.0 Å². The van der Waals surface area contributed by atoms with E-state index in [1.165, 1.54) is 49.3 Å². The number of nitrogens with zero attached hydrogens (tertiary/aromatic N) is 6. The molecule has 3 aromatic heterocycles. The van der Waals surface area contributed by atoms with Gasteiger partial charge in [0.25, 0.3) is 21.6 Å². The minimum absolute atomic E-state index is 0.0114. The molecule has 70 heavy (non-hydrogen) atoms. The van der Waals surface area contributed by atoms with Crippen LogP contribution in [0.2, 0.25) is 0 Å². The number of ether oxygens (including phenoxy) is 2. The van der Waals surface area contributed by atoms with Crippen LogP contribution in [0.1, 0.15) is 111 Å². The van der Waals surface area contributed by atoms with Gasteiger partial charge in [0.1, 0.15) is 33.2 Å². The van der Waals surface area contributed by atoms with Gasteiger partial charge in [-0.25, -0.2) is 27.5 Å². The molecule has 18 heteroatoms. The third kappa shape index (κ3) is 8.81. The molecule has 3 aromatic carbocycles. The first-order valence-electron chi connectivity index (χ1n) is 24.8. The van der Waals surface area contributed by atoms with Gasteiger partial charge >= 0.3 is 0 Å². The molecule has 1 spiro atoms. The van der Waals surface area contributed by atoms with Crippen LogP contribution in [0.25, 0.3) is 22.1 Å². The lowest BCUT2D eigenvalue weighted by Gasteiger charge is -2.56. The number of hydrogen-bond donors (Lipinski definition) is 3. The number of aryl methyl sites for hydroxylation is 1. The van der Waals surface area contributed by atoms with Crippen LogP contribution in [0.5, 0.6) is 11.5 Å². The summed E-state index contributed by atoms with van der Waals surface area (Å²) in [7, 11) is -4.79. The zero-order valence-corrected chi connectivity index (χ0v) is 40.5. The largest absolute Gasteiger partial charge is 0.455 e. The fourth-order valence-electron chi connectivity index (χ4n) is 12.1. The minimum atomic E-state index is -4.79. The molecule has 4 saturated heterocycles. The molecule has 11 rings (SSSR count). The first-order chi connectivity index (χ1) is 33.8. The molecule has 16 nitrogen and oxygen atoms in total. The lowest BCUT2D eigenvalue weighted by Crippen LogP contribution is -2.54. The summed E-state index contributed by atoms with van der Waals surface area (Å²) in [5.74, 6) is -0.0583. The van der Waals surface area contributed by atoms with Crippen LogP contribution in [0.3, 0.4) is 0 Å². The summed E-state index contributed by atoms with van der Waals surface area (Å²) in [4.78, 5) is 47.6. The highest BCUT2D eigenvalue weighted by Gasteiger charge is 2.50. The van der Waals surface area contributed by atoms with E-state index in [1.807, 2.05) is 6.07 Å². The van der Waals surface area contributed by atoms with E-state index < -0.39 is 37.1 Å². The fraction of sp³-hybridized carbons (Fsp3) is 0.481. The molecule has 368 valence electrons. The summed E-state index contributed by atoms with van der Waals surface area (Å²) in [5.41, 5.74) is 2.74. The van der Waals surface area contributed by atoms with Crippen molar-refractivity contribution in [3.63, 3.8) is 0 Å². The SMILES string of the molecule is CC(C)c1ccccc1[C@@H]1CCCN1C1CC2(CCN(c3ccc(C(=O)NS(=O)(=O)c4cc([N+](=O)[O-])c(CCC5(F)CCN(C6COC6)CC5)c5[nH]cnc45)c(Oc4cnc5[nH]ccc5c4)c3)CC2)C1. The Hall–Kier alpha value is -5.95. The Morgan fingerprint density at radius 1 is 0.986 bits per heavy atom. The molecule has 1 atom stereocenters. The number of halogens is 1. The lowest BCUT2D eigenvalue weighted by atomic mass is 9.59. The third-order valence-electron chi connectivity index (χ3n) is 16.2. The highest BCUT2D eigenvalue weighted by Crippen LogP contribution is 2.54. The second-order valence-corrected chi connectivity index (χ2v) is 22.3. The highest BCUT2D eigenvalue weighted by molar-refractivity contribution is 7.90. The van der Waals surface area contributed by atoms with E-state index in [0.717, 1.165) is 49.6 Å². The van der Waals surface area contributed by atoms with Crippen LogP contribution < -0.4 is 14.4 Å². The number of benzene rings is 3. The smallest absolute Gasteiger partial charge is 0.276 e. The first-order valence-corrected chi connectivity index (χ1v) is 26.3. The summed E-state index contributed by atoms with van der Waals surface area (Å²) in [6, 6.07) is 20.0. The molecule has 0 bridgehead atoms. The molecule has 5 aliphatic rings. The fourth-order valence-corrected chi connectivity index (χ4v) is 13.2. The number of likely N-dealkylation sites (tertiary alicyclic amines) is 2. The Bertz CT molecular complexity index is 3060. The minimum Gasteiger partial charge on any atom is -0.455 e. The standard InChI is InChI=1S/C52H60FN9O7S/c1-33(2)39-6-3-4-7-40(39)43-8-5-19-61(43)36-27-51(28-36)14-20-59(21-15-51)35-9-10-42(45(25-35)69-38-24-34-12-18-54-49(34)55-29-38)50(63)58-70(66,67)46-26-44(62(64)65)41(47-48(46)57-32-56-47)11-13-52(53)16-22-60(23-17-52)37-30-68-31-37/h3-4,6-7,9-10,12,18,24-26,29,32-33,36-37,43H,5,8,11,13-17,19-23,27-28,30-31H2,1-2H3,(H,54,55)(H,56,57)(H,58,63)/t43-/m0/s1. The van der Waals surface area contributed by atoms with Gasteiger partial charge in [-0.1, -0.05) is 38.1 Å². The molecule has 7 heterocycles. The number of carbonyl (C=O) groups is 1. The van der Waals surface area contributed by atoms with Gasteiger partial charge in [0.2, 0.25) is 0 Å². The van der Waals surface area contributed by atoms with Crippen LogP contribution in [0.4, 0.5) is 15.8 Å². The van der Waals surface area contributed by atoms with Crippen molar-refractivity contribution >= 4 is 49.4 Å². The van der Waals surface area contributed by atoms with Crippen LogP contribution in [0.15, 0.2) is 84.3 Å². The predicted octanol–water partition coefficient (Wildman–Crippen LogP) is 9.10. The Kier molecular flexibility index (Phi) is 12.2. The number of amides is 1. The molecular formula is C52H60FN9O7S. The van der Waals surface area contributed by atoms with Crippen molar-refractivity contribution in [3.05, 3.63) is 112 Å². The Labute approximate surface area is 406 Å². The number of H-pyrrole nitrogens is 2. The van der Waals surface area contributed by atoms with E-state index in [-0.39, 0.29) is 59.0 Å². The van der Waals surface area contributed by atoms with Crippen LogP contribution in [-0.2, 0) is 21.2 Å². The number of imidazole rings is 1. The quantitative estimate of drug-likeness (QED) is 0.0694. The number of nitro benzene ring substituents is 1. The Morgan fingerprint density at radius 3 is 2.51 bits per heavy atom. The topological polar surface area (TPSA) is 192 Å². The third-order valence-corrected chi connectivity index (χ3v) is 17.5. The zero-order chi connectivity index (χ0) is 48.4. The molecule has 0 radical (unpaired) electrons. The van der Waals surface area contributed by atoms with Crippen molar-refractivity contribution in [2.75, 3.05) is 50.8 Å². The van der Waals surface area contributed by atoms with Crippen LogP contribution in [0, 0.1) is 15.5 Å². The second kappa shape index (κ2) is 18.3. The van der Waals surface area contributed by atoms with Gasteiger partial charge in [-0.3, -0.25) is 24.7 Å². The first kappa shape index (κ1) is 46.4. The van der Waals surface area contributed by atoms with Crippen molar-refractivity contribution in [2.24, 2.45) is 5.41 Å². The van der Waals surface area contributed by atoms with E-state index in [9.17, 15) is 23.3 Å². The second-order valence-electron chi connectivity index (χ2n) is 20.7. The molecule has 5 fully saturated rings. The van der Waals surface area contributed by atoms with E-state index in [1.54, 1.807) is 30.5 Å². The van der Waals surface area contributed by atoms with Crippen molar-refractivity contribution in [1.82, 2.24) is 34.5 Å². The van der Waals surface area contributed by atoms with E-state index >= 15 is 4.39 Å². The number of anilines is 1. The number of hydrogen-bond acceptors (Lipinski definition) is 12. The average Bonchev–Trinajstić information content (AvgIpc) is 4.12. The summed E-state index contributed by atoms with van der Waals surface area (Å²) in [6.45, 7) is 9.74. The number of rotatable bonds is 14. The lowest BCUT2D eigenvalue weighted by molar-refractivity contribution is -0.385. The van der Waals surface area contributed by atoms with Crippen LogP contribution >= 0.6 is 0 Å². The van der Waals surface area contributed by atoms with Gasteiger partial charge in [0, 0.05) is 67.7 Å². The van der Waals surface area contributed by atoms with E-state index in [2.05, 4.69) is 77.5 Å². The summed E-state index contributed by atoms with van der Waals surface area (Å²) < 4.78 is 58.6. The molecule has 0 unspecified atom stereocenters. The Morgan fingerprint density at radius 2 is 1.77 bits per heavy atom. The monoisotopic (exact) mass is 973 g/mol. The summed E-state index contributed by atoms with van der Waals surface area (Å²) >= 11 is 0. The number of sulfonamides is 1. The number of aromatic nitrogens is 4. The zero-order valence-electron chi connectivity index (χ0n) is 39.7. The average molecular weight is 974 g/mol. The number of aromatic amines is 2. The maximum absolute atomic E-state index is 16.2. The van der Waals surface area contributed by atoms with Crippen molar-refractivity contribution in [1.29, 1.82) is 0 Å². The van der Waals surface area contributed by atoms with E-state index in [0.29, 0.717) is 61.7 Å². The number of pyridine rings is 1. The molecule has 1 saturated carbocycles. The van der Waals surface area contributed by atoms with Crippen molar-refractivity contribution in [3.8, 4) is 11.5 Å². The maximum atomic E-state index is 16.2. The number of carbonyl (C=O) groups excluding carboxylic acids is 1. The number of fused-ring (bicyclic) bond motifs is 2. The summed E-state index contributed by atoms with van der Waals surface area (Å²) in [5, 5.41) is 13.4. The molecule has 1 aliphatic carbocycles. The van der Waals surface area contributed by atoms with Crippen LogP contribution in [-0.4, -0.2) is 113 Å². The van der Waals surface area contributed by atoms with E-state index in [4.69, 9.17) is 9.47 Å². The number of alkyl halides is 1. The summed E-state index contributed by atoms with van der Waals surface area (Å²) in [6.07, 6.45) is 11.9. The van der Waals surface area contributed by atoms with Gasteiger partial charge in [-0.15, -0.1) is 0 Å². The number of nitro groups is 1. The number of nitrogens with one attached hydrogen (secondary N) is 3. The number of piperidine rings is 2. The highest BCUT2D eigenvalue weighted by atomic mass is 32.2. The Balaban J connectivity index is 0.810. The predicted molar refractivity (Wildman–Crippen MR) is 264 cm³/mol. The van der Waals surface area contributed by atoms with Gasteiger partial charge in [0.05, 0.1) is 53.3 Å². The molecule has 3 N–H and O–H groups in total. The van der Waals surface area contributed by atoms with Crippen molar-refractivity contribution in [2.45, 2.75) is 113 Å². The maximum Gasteiger partial charge on any atom is 0.276 e. The van der Waals surface area contributed by atoms with Gasteiger partial charge in [-0.05, 0) is 117 Å². The molecular weight excluding hydrogens is 914 g/mol. The van der Waals surface area contributed by atoms with Gasteiger partial charge < -0.3 is 24.3 Å².